The van der Waals surface area contributed by atoms with Gasteiger partial charge < -0.3 is 5.11 Å². The summed E-state index contributed by atoms with van der Waals surface area (Å²) in [6.45, 7) is 2.60. The highest BCUT2D eigenvalue weighted by molar-refractivity contribution is 4.96. The lowest BCUT2D eigenvalue weighted by Gasteiger charge is -2.25. The van der Waals surface area contributed by atoms with Crippen molar-refractivity contribution in [2.75, 3.05) is 6.61 Å². The molecule has 0 spiro atoms. The molecule has 0 heterocycles. The average Bonchev–Trinajstić information content (AvgIpc) is 2.15. The van der Waals surface area contributed by atoms with Crippen LogP contribution in [0.25, 0.3) is 0 Å². The van der Waals surface area contributed by atoms with Crippen LogP contribution >= 0.6 is 0 Å². The van der Waals surface area contributed by atoms with Crippen molar-refractivity contribution in [1.82, 2.24) is 0 Å². The zero-order chi connectivity index (χ0) is 8.81. The van der Waals surface area contributed by atoms with Crippen molar-refractivity contribution in [2.45, 2.75) is 39.0 Å². The molecule has 70 valence electrons. The van der Waals surface area contributed by atoms with Crippen LogP contribution in [0.4, 0.5) is 0 Å². The Labute approximate surface area is 75.5 Å². The van der Waals surface area contributed by atoms with Gasteiger partial charge in [-0.2, -0.15) is 0 Å². The molecule has 0 bridgehead atoms. The molecule has 0 saturated carbocycles. The van der Waals surface area contributed by atoms with Crippen molar-refractivity contribution in [3.8, 4) is 0 Å². The van der Waals surface area contributed by atoms with Crippen molar-refractivity contribution in [3.05, 3.63) is 12.2 Å². The van der Waals surface area contributed by atoms with Crippen LogP contribution in [0, 0.1) is 11.8 Å². The van der Waals surface area contributed by atoms with Crippen LogP contribution in [0.2, 0.25) is 0 Å². The highest BCUT2D eigenvalue weighted by atomic mass is 16.3. The van der Waals surface area contributed by atoms with Crippen molar-refractivity contribution < 1.29 is 5.11 Å². The zero-order valence-corrected chi connectivity index (χ0v) is 8.00. The number of rotatable bonds is 4. The molecule has 1 aliphatic carbocycles. The Kier molecular flexibility index (Phi) is 4.37. The molecular weight excluding hydrogens is 148 g/mol. The number of unbranched alkanes of at least 4 members (excludes halogenated alkanes) is 1. The van der Waals surface area contributed by atoms with E-state index in [1.807, 2.05) is 0 Å². The smallest absolute Gasteiger partial charge is 0.0465 e. The summed E-state index contributed by atoms with van der Waals surface area (Å²) in [6.07, 6.45) is 10.7. The second kappa shape index (κ2) is 5.36. The van der Waals surface area contributed by atoms with Crippen LogP contribution in [0.3, 0.4) is 0 Å². The van der Waals surface area contributed by atoms with Crippen molar-refractivity contribution in [2.24, 2.45) is 11.8 Å². The Hall–Kier alpha value is -0.300. The van der Waals surface area contributed by atoms with Crippen LogP contribution in [-0.2, 0) is 0 Å². The van der Waals surface area contributed by atoms with Crippen LogP contribution in [0.5, 0.6) is 0 Å². The molecule has 2 unspecified atom stereocenters. The number of allylic oxidation sites excluding steroid dienone is 2. The molecule has 0 aliphatic heterocycles. The number of aliphatic hydroxyl groups is 1. The summed E-state index contributed by atoms with van der Waals surface area (Å²) >= 11 is 0. The fourth-order valence-corrected chi connectivity index (χ4v) is 1.95. The van der Waals surface area contributed by atoms with E-state index in [4.69, 9.17) is 5.11 Å². The predicted octanol–water partition coefficient (Wildman–Crippen LogP) is 2.75. The van der Waals surface area contributed by atoms with Gasteiger partial charge in [-0.1, -0.05) is 31.9 Å². The lowest BCUT2D eigenvalue weighted by molar-refractivity contribution is 0.175. The quantitative estimate of drug-likeness (QED) is 0.640. The summed E-state index contributed by atoms with van der Waals surface area (Å²) in [5, 5.41) is 9.13. The monoisotopic (exact) mass is 168 g/mol. The Morgan fingerprint density at radius 3 is 3.00 bits per heavy atom. The van der Waals surface area contributed by atoms with Crippen LogP contribution in [-0.4, -0.2) is 11.7 Å². The molecule has 0 radical (unpaired) electrons. The minimum atomic E-state index is 0.374. The molecule has 0 saturated heterocycles. The first kappa shape index (κ1) is 9.79. The second-order valence-electron chi connectivity index (χ2n) is 3.75. The second-order valence-corrected chi connectivity index (χ2v) is 3.75. The molecule has 12 heavy (non-hydrogen) atoms. The highest BCUT2D eigenvalue weighted by Crippen LogP contribution is 2.28. The third-order valence-corrected chi connectivity index (χ3v) is 2.82. The Balaban J connectivity index is 2.35. The van der Waals surface area contributed by atoms with Gasteiger partial charge in [0.05, 0.1) is 0 Å². The van der Waals surface area contributed by atoms with E-state index in [1.54, 1.807) is 0 Å². The highest BCUT2D eigenvalue weighted by Gasteiger charge is 2.19. The molecule has 1 heteroatoms. The van der Waals surface area contributed by atoms with Crippen molar-refractivity contribution in [1.29, 1.82) is 0 Å². The lowest BCUT2D eigenvalue weighted by atomic mass is 9.81. The molecule has 0 aromatic heterocycles. The van der Waals surface area contributed by atoms with E-state index in [9.17, 15) is 0 Å². The van der Waals surface area contributed by atoms with E-state index < -0.39 is 0 Å². The molecule has 0 fully saturated rings. The standard InChI is InChI=1S/C11H20O/c1-2-3-6-10-7-4-5-8-11(10)9-12/h4,7,10-12H,2-3,5-6,8-9H2,1H3. The summed E-state index contributed by atoms with van der Waals surface area (Å²) in [5.41, 5.74) is 0. The van der Waals surface area contributed by atoms with Gasteiger partial charge in [0.2, 0.25) is 0 Å². The molecule has 1 aliphatic rings. The molecular formula is C11H20O. The fourth-order valence-electron chi connectivity index (χ4n) is 1.95. The van der Waals surface area contributed by atoms with E-state index in [-0.39, 0.29) is 0 Å². The van der Waals surface area contributed by atoms with E-state index in [0.29, 0.717) is 18.4 Å². The first-order valence-electron chi connectivity index (χ1n) is 5.16. The van der Waals surface area contributed by atoms with Gasteiger partial charge in [-0.3, -0.25) is 0 Å². The van der Waals surface area contributed by atoms with E-state index >= 15 is 0 Å². The van der Waals surface area contributed by atoms with E-state index in [2.05, 4.69) is 19.1 Å². The van der Waals surface area contributed by atoms with E-state index in [1.165, 1.54) is 25.7 Å². The van der Waals surface area contributed by atoms with Crippen LogP contribution in [0.15, 0.2) is 12.2 Å². The molecule has 1 rings (SSSR count). The maximum Gasteiger partial charge on any atom is 0.0465 e. The summed E-state index contributed by atoms with van der Waals surface area (Å²) in [7, 11) is 0. The Morgan fingerprint density at radius 1 is 1.50 bits per heavy atom. The van der Waals surface area contributed by atoms with Crippen LogP contribution < -0.4 is 0 Å². The van der Waals surface area contributed by atoms with E-state index in [0.717, 1.165) is 6.42 Å². The molecule has 1 N–H and O–H groups in total. The number of hydrogen-bond acceptors (Lipinski definition) is 1. The fraction of sp³-hybridized carbons (Fsp3) is 0.818. The third-order valence-electron chi connectivity index (χ3n) is 2.82. The SMILES string of the molecule is CCCCC1C=CCCC1CO. The third kappa shape index (κ3) is 2.63. The number of aliphatic hydroxyl groups excluding tert-OH is 1. The van der Waals surface area contributed by atoms with Gasteiger partial charge in [0.1, 0.15) is 0 Å². The topological polar surface area (TPSA) is 20.2 Å². The summed E-state index contributed by atoms with van der Waals surface area (Å²) < 4.78 is 0. The largest absolute Gasteiger partial charge is 0.396 e. The Bertz CT molecular complexity index is 140. The lowest BCUT2D eigenvalue weighted by Crippen LogP contribution is -2.19. The molecule has 0 aromatic carbocycles. The van der Waals surface area contributed by atoms with Gasteiger partial charge in [-0.05, 0) is 31.1 Å². The van der Waals surface area contributed by atoms with Crippen molar-refractivity contribution >= 4 is 0 Å². The van der Waals surface area contributed by atoms with Gasteiger partial charge in [0.25, 0.3) is 0 Å². The number of hydrogen-bond donors (Lipinski definition) is 1. The van der Waals surface area contributed by atoms with Gasteiger partial charge in [-0.15, -0.1) is 0 Å². The minimum absolute atomic E-state index is 0.374. The molecule has 0 amide bonds. The van der Waals surface area contributed by atoms with Gasteiger partial charge in [-0.25, -0.2) is 0 Å². The maximum atomic E-state index is 9.13. The maximum absolute atomic E-state index is 9.13. The van der Waals surface area contributed by atoms with Crippen LogP contribution in [0.1, 0.15) is 39.0 Å². The normalized spacial score (nSPS) is 29.2. The zero-order valence-electron chi connectivity index (χ0n) is 8.00. The predicted molar refractivity (Wildman–Crippen MR) is 52.0 cm³/mol. The molecule has 0 aromatic rings. The average molecular weight is 168 g/mol. The first-order chi connectivity index (χ1) is 5.88. The molecule has 2 atom stereocenters. The summed E-state index contributed by atoms with van der Waals surface area (Å²) in [4.78, 5) is 0. The van der Waals surface area contributed by atoms with Gasteiger partial charge >= 0.3 is 0 Å². The van der Waals surface area contributed by atoms with Gasteiger partial charge in [0, 0.05) is 6.61 Å². The first-order valence-corrected chi connectivity index (χ1v) is 5.16. The Morgan fingerprint density at radius 2 is 2.33 bits per heavy atom. The van der Waals surface area contributed by atoms with Gasteiger partial charge in [0.15, 0.2) is 0 Å². The van der Waals surface area contributed by atoms with Crippen molar-refractivity contribution in [3.63, 3.8) is 0 Å². The summed E-state index contributed by atoms with van der Waals surface area (Å²) in [6, 6.07) is 0. The molecule has 1 nitrogen and oxygen atoms in total. The summed E-state index contributed by atoms with van der Waals surface area (Å²) in [5.74, 6) is 1.20. The minimum Gasteiger partial charge on any atom is -0.396 e.